The van der Waals surface area contributed by atoms with Gasteiger partial charge in [0, 0.05) is 18.9 Å². The molecule has 0 spiro atoms. The van der Waals surface area contributed by atoms with Crippen LogP contribution in [0.4, 0.5) is 10.1 Å². The molecule has 2 rings (SSSR count). The highest BCUT2D eigenvalue weighted by Crippen LogP contribution is 2.25. The lowest BCUT2D eigenvalue weighted by atomic mass is 10.2. The number of halogens is 1. The minimum absolute atomic E-state index is 0.115. The van der Waals surface area contributed by atoms with Crippen molar-refractivity contribution in [1.29, 1.82) is 0 Å². The predicted molar refractivity (Wildman–Crippen MR) is 71.7 cm³/mol. The number of non-ortho nitro benzene ring substituents is 1. The van der Waals surface area contributed by atoms with Crippen LogP contribution in [0.15, 0.2) is 29.6 Å². The summed E-state index contributed by atoms with van der Waals surface area (Å²) >= 11 is 1.30. The van der Waals surface area contributed by atoms with Gasteiger partial charge in [0.2, 0.25) is 0 Å². The quantitative estimate of drug-likeness (QED) is 0.520. The van der Waals surface area contributed by atoms with E-state index in [0.717, 1.165) is 6.07 Å². The van der Waals surface area contributed by atoms with Gasteiger partial charge in [0.15, 0.2) is 5.16 Å². The Morgan fingerprint density at radius 2 is 2.30 bits per heavy atom. The third-order valence-corrected chi connectivity index (χ3v) is 3.90. The molecular formula is C12H12FN3O3S. The first-order chi connectivity index (χ1) is 9.52. The second kappa shape index (κ2) is 6.02. The van der Waals surface area contributed by atoms with Crippen molar-refractivity contribution in [2.24, 2.45) is 7.05 Å². The molecule has 6 nitrogen and oxygen atoms in total. The van der Waals surface area contributed by atoms with Crippen molar-refractivity contribution in [1.82, 2.24) is 9.55 Å². The Morgan fingerprint density at radius 1 is 1.55 bits per heavy atom. The van der Waals surface area contributed by atoms with Crippen LogP contribution >= 0.6 is 11.8 Å². The van der Waals surface area contributed by atoms with Gasteiger partial charge < -0.3 is 9.67 Å². The maximum Gasteiger partial charge on any atom is 0.272 e. The summed E-state index contributed by atoms with van der Waals surface area (Å²) < 4.78 is 15.4. The molecule has 0 unspecified atom stereocenters. The fourth-order valence-electron chi connectivity index (χ4n) is 1.62. The van der Waals surface area contributed by atoms with Gasteiger partial charge in [-0.3, -0.25) is 10.1 Å². The van der Waals surface area contributed by atoms with Crippen molar-refractivity contribution in [3.8, 4) is 0 Å². The van der Waals surface area contributed by atoms with Crippen LogP contribution in [-0.4, -0.2) is 19.6 Å². The smallest absolute Gasteiger partial charge is 0.272 e. The van der Waals surface area contributed by atoms with E-state index in [1.807, 2.05) is 0 Å². The number of hydrogen-bond acceptors (Lipinski definition) is 5. The summed E-state index contributed by atoms with van der Waals surface area (Å²) in [5.74, 6) is -0.303. The number of aromatic nitrogens is 2. The fourth-order valence-corrected chi connectivity index (χ4v) is 2.57. The van der Waals surface area contributed by atoms with Gasteiger partial charge in [0.05, 0.1) is 29.5 Å². The Balaban J connectivity index is 2.11. The molecule has 0 bridgehead atoms. The lowest BCUT2D eigenvalue weighted by molar-refractivity contribution is -0.385. The molecule has 0 radical (unpaired) electrons. The monoisotopic (exact) mass is 297 g/mol. The van der Waals surface area contributed by atoms with Crippen LogP contribution in [-0.2, 0) is 19.4 Å². The van der Waals surface area contributed by atoms with E-state index in [9.17, 15) is 14.5 Å². The van der Waals surface area contributed by atoms with Crippen molar-refractivity contribution in [2.45, 2.75) is 17.5 Å². The summed E-state index contributed by atoms with van der Waals surface area (Å²) in [7, 11) is 1.76. The first-order valence-corrected chi connectivity index (χ1v) is 6.68. The minimum Gasteiger partial charge on any atom is -0.390 e. The van der Waals surface area contributed by atoms with E-state index in [1.165, 1.54) is 23.9 Å². The zero-order valence-electron chi connectivity index (χ0n) is 10.6. The molecule has 1 heterocycles. The number of imidazole rings is 1. The van der Waals surface area contributed by atoms with Crippen LogP contribution in [0.1, 0.15) is 11.3 Å². The molecule has 0 aliphatic rings. The summed E-state index contributed by atoms with van der Waals surface area (Å²) in [6.45, 7) is -0.115. The van der Waals surface area contributed by atoms with Crippen LogP contribution < -0.4 is 0 Å². The Morgan fingerprint density at radius 3 is 2.85 bits per heavy atom. The van der Waals surface area contributed by atoms with Gasteiger partial charge in [0.25, 0.3) is 5.69 Å². The number of hydrogen-bond donors (Lipinski definition) is 1. The molecule has 0 saturated carbocycles. The van der Waals surface area contributed by atoms with E-state index in [2.05, 4.69) is 4.98 Å². The Hall–Kier alpha value is -1.93. The largest absolute Gasteiger partial charge is 0.390 e. The maximum atomic E-state index is 13.7. The topological polar surface area (TPSA) is 81.2 Å². The summed E-state index contributed by atoms with van der Waals surface area (Å²) in [6, 6.07) is 3.58. The molecule has 106 valence electrons. The standard InChI is InChI=1S/C12H12FN3O3S/c1-15-10(6-17)5-14-12(15)20-7-8-2-3-9(16(18)19)4-11(8)13/h2-5,17H,6-7H2,1H3. The minimum atomic E-state index is -0.633. The van der Waals surface area contributed by atoms with E-state index in [4.69, 9.17) is 5.11 Å². The van der Waals surface area contributed by atoms with E-state index in [1.54, 1.807) is 17.8 Å². The van der Waals surface area contributed by atoms with E-state index in [0.29, 0.717) is 22.2 Å². The van der Waals surface area contributed by atoms with Crippen LogP contribution in [0.3, 0.4) is 0 Å². The molecule has 0 aliphatic carbocycles. The molecule has 0 aliphatic heterocycles. The molecule has 8 heteroatoms. The second-order valence-corrected chi connectivity index (χ2v) is 5.01. The molecule has 2 aromatic rings. The van der Waals surface area contributed by atoms with Crippen LogP contribution in [0.25, 0.3) is 0 Å². The van der Waals surface area contributed by atoms with Crippen molar-refractivity contribution in [3.63, 3.8) is 0 Å². The lowest BCUT2D eigenvalue weighted by Crippen LogP contribution is -1.98. The van der Waals surface area contributed by atoms with Crippen molar-refractivity contribution >= 4 is 17.4 Å². The molecule has 0 amide bonds. The van der Waals surface area contributed by atoms with Crippen LogP contribution in [0.5, 0.6) is 0 Å². The zero-order chi connectivity index (χ0) is 14.7. The normalized spacial score (nSPS) is 10.8. The summed E-state index contributed by atoms with van der Waals surface area (Å²) in [4.78, 5) is 14.0. The Bertz CT molecular complexity index is 645. The van der Waals surface area contributed by atoms with Gasteiger partial charge in [-0.05, 0) is 11.6 Å². The zero-order valence-corrected chi connectivity index (χ0v) is 11.4. The molecule has 0 saturated heterocycles. The van der Waals surface area contributed by atoms with Crippen molar-refractivity contribution < 1.29 is 14.4 Å². The third kappa shape index (κ3) is 2.97. The van der Waals surface area contributed by atoms with Gasteiger partial charge in [-0.25, -0.2) is 9.37 Å². The van der Waals surface area contributed by atoms with Crippen molar-refractivity contribution in [2.75, 3.05) is 0 Å². The van der Waals surface area contributed by atoms with Gasteiger partial charge >= 0.3 is 0 Å². The highest BCUT2D eigenvalue weighted by Gasteiger charge is 2.12. The number of aliphatic hydroxyl groups excluding tert-OH is 1. The molecule has 0 atom stereocenters. The second-order valence-electron chi connectivity index (χ2n) is 4.07. The van der Waals surface area contributed by atoms with Crippen molar-refractivity contribution in [3.05, 3.63) is 51.6 Å². The maximum absolute atomic E-state index is 13.7. The highest BCUT2D eigenvalue weighted by atomic mass is 32.2. The Labute approximate surface area is 118 Å². The number of nitro groups is 1. The number of thioether (sulfide) groups is 1. The molecule has 1 N–H and O–H groups in total. The highest BCUT2D eigenvalue weighted by molar-refractivity contribution is 7.98. The van der Waals surface area contributed by atoms with Gasteiger partial charge in [0.1, 0.15) is 5.82 Å². The molecular weight excluding hydrogens is 285 g/mol. The average Bonchev–Trinajstić information content (AvgIpc) is 2.77. The first-order valence-electron chi connectivity index (χ1n) is 5.70. The first kappa shape index (κ1) is 14.5. The number of benzene rings is 1. The number of nitrogens with zero attached hydrogens (tertiary/aromatic N) is 3. The van der Waals surface area contributed by atoms with Crippen LogP contribution in [0.2, 0.25) is 0 Å². The summed E-state index contributed by atoms with van der Waals surface area (Å²) in [5, 5.41) is 20.2. The fraction of sp³-hybridized carbons (Fsp3) is 0.250. The van der Waals surface area contributed by atoms with E-state index in [-0.39, 0.29) is 12.3 Å². The number of aliphatic hydroxyl groups is 1. The molecule has 0 fully saturated rings. The lowest BCUT2D eigenvalue weighted by Gasteiger charge is -2.05. The number of rotatable bonds is 5. The van der Waals surface area contributed by atoms with Gasteiger partial charge in [-0.15, -0.1) is 0 Å². The predicted octanol–water partition coefficient (Wildman–Crippen LogP) is 2.25. The molecule has 20 heavy (non-hydrogen) atoms. The van der Waals surface area contributed by atoms with Gasteiger partial charge in [-0.2, -0.15) is 0 Å². The molecule has 1 aromatic heterocycles. The average molecular weight is 297 g/mol. The number of nitro benzene ring substituents is 1. The Kier molecular flexibility index (Phi) is 4.35. The molecule has 1 aromatic carbocycles. The van der Waals surface area contributed by atoms with Crippen LogP contribution in [0, 0.1) is 15.9 Å². The third-order valence-electron chi connectivity index (χ3n) is 2.81. The summed E-state index contributed by atoms with van der Waals surface area (Å²) in [6.07, 6.45) is 1.55. The SMILES string of the molecule is Cn1c(CO)cnc1SCc1ccc([N+](=O)[O-])cc1F. The summed E-state index contributed by atoms with van der Waals surface area (Å²) in [5.41, 5.74) is 0.765. The van der Waals surface area contributed by atoms with Gasteiger partial charge in [-0.1, -0.05) is 11.8 Å². The van der Waals surface area contributed by atoms with E-state index < -0.39 is 10.7 Å². The van der Waals surface area contributed by atoms with E-state index >= 15 is 0 Å².